The summed E-state index contributed by atoms with van der Waals surface area (Å²) in [5.41, 5.74) is 4.20. The van der Waals surface area contributed by atoms with Gasteiger partial charge in [0.25, 0.3) is 5.91 Å². The standard InChI is InChI=1S/C21H16N2O/c24-21-20(22-17-11-5-2-6-12-17)18-13-7-8-14-19(18)23(21)15-16-9-3-1-4-10-16/h1-14H,15H2. The normalized spacial score (nSPS) is 14.9. The average molecular weight is 312 g/mol. The van der Waals surface area contributed by atoms with E-state index >= 15 is 0 Å². The van der Waals surface area contributed by atoms with Crippen LogP contribution in [0, 0.1) is 0 Å². The Morgan fingerprint density at radius 2 is 1.38 bits per heavy atom. The van der Waals surface area contributed by atoms with Crippen molar-refractivity contribution in [3.05, 3.63) is 96.1 Å². The van der Waals surface area contributed by atoms with Gasteiger partial charge in [-0.3, -0.25) is 4.79 Å². The summed E-state index contributed by atoms with van der Waals surface area (Å²) in [4.78, 5) is 19.4. The van der Waals surface area contributed by atoms with Crippen molar-refractivity contribution in [1.82, 2.24) is 0 Å². The van der Waals surface area contributed by atoms with Gasteiger partial charge < -0.3 is 4.90 Å². The summed E-state index contributed by atoms with van der Waals surface area (Å²) in [6.07, 6.45) is 0. The van der Waals surface area contributed by atoms with E-state index in [2.05, 4.69) is 4.99 Å². The van der Waals surface area contributed by atoms with Crippen molar-refractivity contribution in [2.75, 3.05) is 4.90 Å². The summed E-state index contributed by atoms with van der Waals surface area (Å²) in [6, 6.07) is 27.4. The van der Waals surface area contributed by atoms with E-state index < -0.39 is 0 Å². The second-order valence-corrected chi connectivity index (χ2v) is 5.69. The van der Waals surface area contributed by atoms with Gasteiger partial charge in [0.15, 0.2) is 0 Å². The SMILES string of the molecule is O=C1C(=Nc2ccccc2)c2ccccc2N1Cc1ccccc1. The van der Waals surface area contributed by atoms with Crippen molar-refractivity contribution < 1.29 is 4.79 Å². The Labute approximate surface area is 140 Å². The van der Waals surface area contributed by atoms with Crippen molar-refractivity contribution in [1.29, 1.82) is 0 Å². The minimum atomic E-state index is -0.0519. The lowest BCUT2D eigenvalue weighted by molar-refractivity contribution is -0.112. The maximum atomic E-state index is 13.0. The van der Waals surface area contributed by atoms with Crippen molar-refractivity contribution in [3.63, 3.8) is 0 Å². The number of hydrogen-bond donors (Lipinski definition) is 0. The highest BCUT2D eigenvalue weighted by Gasteiger charge is 2.33. The van der Waals surface area contributed by atoms with E-state index in [1.54, 1.807) is 4.90 Å². The van der Waals surface area contributed by atoms with Gasteiger partial charge in [0.05, 0.1) is 17.9 Å². The highest BCUT2D eigenvalue weighted by Crippen LogP contribution is 2.31. The fourth-order valence-electron chi connectivity index (χ4n) is 2.92. The second kappa shape index (κ2) is 6.13. The van der Waals surface area contributed by atoms with Crippen LogP contribution in [0.4, 0.5) is 11.4 Å². The van der Waals surface area contributed by atoms with Gasteiger partial charge in [-0.05, 0) is 23.8 Å². The third-order valence-electron chi connectivity index (χ3n) is 4.08. The smallest absolute Gasteiger partial charge is 0.277 e. The molecule has 0 saturated heterocycles. The van der Waals surface area contributed by atoms with Gasteiger partial charge in [-0.15, -0.1) is 0 Å². The molecule has 3 aromatic carbocycles. The predicted octanol–water partition coefficient (Wildman–Crippen LogP) is 4.35. The molecule has 0 fully saturated rings. The Kier molecular flexibility index (Phi) is 3.67. The molecule has 0 aromatic heterocycles. The number of fused-ring (bicyclic) bond motifs is 1. The number of aliphatic imine (C=N–C) groups is 1. The first-order valence-electron chi connectivity index (χ1n) is 7.92. The molecule has 0 saturated carbocycles. The van der Waals surface area contributed by atoms with Crippen molar-refractivity contribution in [2.45, 2.75) is 6.54 Å². The minimum absolute atomic E-state index is 0.0519. The summed E-state index contributed by atoms with van der Waals surface area (Å²) in [6.45, 7) is 0.546. The summed E-state index contributed by atoms with van der Waals surface area (Å²) in [5, 5.41) is 0. The van der Waals surface area contributed by atoms with Gasteiger partial charge in [0.2, 0.25) is 0 Å². The van der Waals surface area contributed by atoms with Gasteiger partial charge in [0, 0.05) is 5.56 Å². The zero-order valence-corrected chi connectivity index (χ0v) is 13.1. The topological polar surface area (TPSA) is 32.7 Å². The van der Waals surface area contributed by atoms with E-state index in [0.717, 1.165) is 22.5 Å². The summed E-state index contributed by atoms with van der Waals surface area (Å²) in [7, 11) is 0. The first-order valence-corrected chi connectivity index (χ1v) is 7.92. The number of benzene rings is 3. The van der Waals surface area contributed by atoms with Crippen LogP contribution in [0.3, 0.4) is 0 Å². The molecule has 1 aliphatic heterocycles. The fourth-order valence-corrected chi connectivity index (χ4v) is 2.92. The molecule has 0 N–H and O–H groups in total. The number of hydrogen-bond acceptors (Lipinski definition) is 2. The first-order chi connectivity index (χ1) is 11.8. The van der Waals surface area contributed by atoms with Crippen LogP contribution in [0.2, 0.25) is 0 Å². The van der Waals surface area contributed by atoms with Crippen molar-refractivity contribution in [2.24, 2.45) is 4.99 Å². The molecule has 0 aliphatic carbocycles. The zero-order chi connectivity index (χ0) is 16.4. The van der Waals surface area contributed by atoms with Gasteiger partial charge in [-0.2, -0.15) is 0 Å². The molecule has 4 rings (SSSR count). The number of rotatable bonds is 3. The van der Waals surface area contributed by atoms with Crippen LogP contribution in [-0.4, -0.2) is 11.6 Å². The van der Waals surface area contributed by atoms with Crippen LogP contribution in [0.25, 0.3) is 0 Å². The van der Waals surface area contributed by atoms with Gasteiger partial charge in [-0.1, -0.05) is 66.7 Å². The molecular weight excluding hydrogens is 296 g/mol. The zero-order valence-electron chi connectivity index (χ0n) is 13.1. The van der Waals surface area contributed by atoms with Gasteiger partial charge in [0.1, 0.15) is 5.71 Å². The summed E-state index contributed by atoms with van der Waals surface area (Å²) >= 11 is 0. The Bertz CT molecular complexity index is 901. The molecule has 24 heavy (non-hydrogen) atoms. The molecule has 3 heteroatoms. The minimum Gasteiger partial charge on any atom is -0.302 e. The third-order valence-corrected chi connectivity index (χ3v) is 4.08. The number of carbonyl (C=O) groups excluding carboxylic acids is 1. The van der Waals surface area contributed by atoms with Gasteiger partial charge in [-0.25, -0.2) is 4.99 Å². The fraction of sp³-hybridized carbons (Fsp3) is 0.0476. The number of nitrogens with zero attached hydrogens (tertiary/aromatic N) is 2. The van der Waals surface area contributed by atoms with E-state index in [0.29, 0.717) is 12.3 Å². The van der Waals surface area contributed by atoms with Crippen LogP contribution in [0.1, 0.15) is 11.1 Å². The number of amides is 1. The van der Waals surface area contributed by atoms with E-state index in [9.17, 15) is 4.79 Å². The van der Waals surface area contributed by atoms with Crippen LogP contribution in [0.15, 0.2) is 89.9 Å². The van der Waals surface area contributed by atoms with Crippen LogP contribution in [-0.2, 0) is 11.3 Å². The molecule has 0 unspecified atom stereocenters. The lowest BCUT2D eigenvalue weighted by atomic mass is 10.1. The highest BCUT2D eigenvalue weighted by atomic mass is 16.2. The molecule has 0 radical (unpaired) electrons. The number of carbonyl (C=O) groups is 1. The number of anilines is 1. The van der Waals surface area contributed by atoms with Crippen molar-refractivity contribution >= 4 is 23.0 Å². The van der Waals surface area contributed by atoms with Crippen LogP contribution >= 0.6 is 0 Å². The van der Waals surface area contributed by atoms with E-state index in [1.807, 2.05) is 84.9 Å². The maximum absolute atomic E-state index is 13.0. The summed E-state index contributed by atoms with van der Waals surface area (Å²) < 4.78 is 0. The summed E-state index contributed by atoms with van der Waals surface area (Å²) in [5.74, 6) is -0.0519. The molecule has 116 valence electrons. The average Bonchev–Trinajstić information content (AvgIpc) is 2.90. The second-order valence-electron chi connectivity index (χ2n) is 5.69. The molecule has 3 nitrogen and oxygen atoms in total. The van der Waals surface area contributed by atoms with Crippen LogP contribution < -0.4 is 4.90 Å². The molecule has 3 aromatic rings. The molecule has 0 bridgehead atoms. The lowest BCUT2D eigenvalue weighted by Crippen LogP contribution is -2.29. The van der Waals surface area contributed by atoms with E-state index in [1.165, 1.54) is 0 Å². The number of para-hydroxylation sites is 2. The third kappa shape index (κ3) is 2.61. The molecule has 1 heterocycles. The van der Waals surface area contributed by atoms with Crippen molar-refractivity contribution in [3.8, 4) is 0 Å². The first kappa shape index (κ1) is 14.4. The van der Waals surface area contributed by atoms with E-state index in [-0.39, 0.29) is 5.91 Å². The lowest BCUT2D eigenvalue weighted by Gasteiger charge is -2.16. The predicted molar refractivity (Wildman–Crippen MR) is 96.7 cm³/mol. The molecule has 0 atom stereocenters. The van der Waals surface area contributed by atoms with Gasteiger partial charge >= 0.3 is 0 Å². The Balaban J connectivity index is 1.76. The molecule has 1 aliphatic rings. The molecular formula is C21H16N2O. The van der Waals surface area contributed by atoms with Crippen LogP contribution in [0.5, 0.6) is 0 Å². The van der Waals surface area contributed by atoms with E-state index in [4.69, 9.17) is 0 Å². The Morgan fingerprint density at radius 3 is 2.12 bits per heavy atom. The largest absolute Gasteiger partial charge is 0.302 e. The monoisotopic (exact) mass is 312 g/mol. The molecule has 1 amide bonds. The Morgan fingerprint density at radius 1 is 0.750 bits per heavy atom. The maximum Gasteiger partial charge on any atom is 0.277 e. The Hall–Kier alpha value is -3.20. The quantitative estimate of drug-likeness (QED) is 0.707. The molecule has 0 spiro atoms. The highest BCUT2D eigenvalue weighted by molar-refractivity contribution is 6.54.